The van der Waals surface area contributed by atoms with Gasteiger partial charge in [-0.2, -0.15) is 0 Å². The molecular formula is C10H10FN3O4. The number of anilines is 2. The van der Waals surface area contributed by atoms with Gasteiger partial charge in [-0.25, -0.2) is 4.39 Å². The van der Waals surface area contributed by atoms with E-state index in [1.807, 2.05) is 0 Å². The molecule has 0 aromatic heterocycles. The Bertz CT molecular complexity index is 530. The van der Waals surface area contributed by atoms with Crippen molar-refractivity contribution in [1.82, 2.24) is 0 Å². The van der Waals surface area contributed by atoms with Crippen molar-refractivity contribution in [2.75, 3.05) is 10.6 Å². The third-order valence-corrected chi connectivity index (χ3v) is 1.90. The van der Waals surface area contributed by atoms with Crippen LogP contribution < -0.4 is 10.6 Å². The third-order valence-electron chi connectivity index (χ3n) is 1.90. The topological polar surface area (TPSA) is 101 Å². The van der Waals surface area contributed by atoms with E-state index in [1.165, 1.54) is 0 Å². The molecule has 1 aromatic carbocycles. The molecule has 0 heterocycles. The molecule has 18 heavy (non-hydrogen) atoms. The normalized spacial score (nSPS) is 9.72. The smallest absolute Gasteiger partial charge is 0.295 e. The third kappa shape index (κ3) is 3.24. The van der Waals surface area contributed by atoms with E-state index in [9.17, 15) is 24.1 Å². The van der Waals surface area contributed by atoms with Crippen LogP contribution in [0.3, 0.4) is 0 Å². The van der Waals surface area contributed by atoms with E-state index in [1.54, 1.807) is 0 Å². The van der Waals surface area contributed by atoms with E-state index in [0.717, 1.165) is 26.0 Å². The maximum Gasteiger partial charge on any atom is 0.295 e. The number of carbonyl (C=O) groups excluding carboxylic acids is 2. The van der Waals surface area contributed by atoms with Gasteiger partial charge < -0.3 is 10.6 Å². The lowest BCUT2D eigenvalue weighted by Gasteiger charge is -2.08. The highest BCUT2D eigenvalue weighted by molar-refractivity contribution is 5.94. The summed E-state index contributed by atoms with van der Waals surface area (Å²) in [6.07, 6.45) is 0. The Hall–Kier alpha value is -2.51. The van der Waals surface area contributed by atoms with Crippen LogP contribution in [0.15, 0.2) is 12.1 Å². The van der Waals surface area contributed by atoms with E-state index in [4.69, 9.17) is 0 Å². The molecule has 0 spiro atoms. The Morgan fingerprint density at radius 1 is 1.17 bits per heavy atom. The van der Waals surface area contributed by atoms with Gasteiger partial charge in [0.05, 0.1) is 10.6 Å². The van der Waals surface area contributed by atoms with Crippen molar-refractivity contribution < 1.29 is 18.9 Å². The van der Waals surface area contributed by atoms with Gasteiger partial charge in [0.15, 0.2) is 0 Å². The fraction of sp³-hybridized carbons (Fsp3) is 0.200. The molecule has 2 amide bonds. The second-order valence-corrected chi connectivity index (χ2v) is 3.47. The molecule has 0 atom stereocenters. The van der Waals surface area contributed by atoms with Crippen molar-refractivity contribution in [3.63, 3.8) is 0 Å². The second-order valence-electron chi connectivity index (χ2n) is 3.47. The van der Waals surface area contributed by atoms with Gasteiger partial charge in [-0.05, 0) is 0 Å². The molecule has 0 radical (unpaired) electrons. The summed E-state index contributed by atoms with van der Waals surface area (Å²) in [6.45, 7) is 2.29. The molecule has 7 nitrogen and oxygen atoms in total. The van der Waals surface area contributed by atoms with Crippen LogP contribution in [0, 0.1) is 15.9 Å². The zero-order valence-corrected chi connectivity index (χ0v) is 9.61. The van der Waals surface area contributed by atoms with E-state index in [2.05, 4.69) is 10.6 Å². The summed E-state index contributed by atoms with van der Waals surface area (Å²) in [5.74, 6) is -2.00. The number of rotatable bonds is 3. The van der Waals surface area contributed by atoms with E-state index >= 15 is 0 Å². The average Bonchev–Trinajstić information content (AvgIpc) is 2.19. The first-order valence-corrected chi connectivity index (χ1v) is 4.84. The van der Waals surface area contributed by atoms with Crippen LogP contribution in [0.2, 0.25) is 0 Å². The van der Waals surface area contributed by atoms with Crippen molar-refractivity contribution in [3.8, 4) is 0 Å². The first-order chi connectivity index (χ1) is 8.31. The number of nitro groups is 1. The van der Waals surface area contributed by atoms with Gasteiger partial charge in [-0.15, -0.1) is 0 Å². The highest BCUT2D eigenvalue weighted by atomic mass is 19.1. The van der Waals surface area contributed by atoms with E-state index in [-0.39, 0.29) is 11.4 Å². The predicted octanol–water partition coefficient (Wildman–Crippen LogP) is 1.65. The van der Waals surface area contributed by atoms with Crippen LogP contribution in [0.4, 0.5) is 21.5 Å². The zero-order chi connectivity index (χ0) is 13.9. The van der Waals surface area contributed by atoms with Crippen molar-refractivity contribution in [1.29, 1.82) is 0 Å². The largest absolute Gasteiger partial charge is 0.324 e. The molecule has 8 heteroatoms. The SMILES string of the molecule is CC(=O)Nc1cc([N+](=O)[O-])c(NC(C)=O)cc1F. The number of amides is 2. The van der Waals surface area contributed by atoms with Crippen LogP contribution in [0.25, 0.3) is 0 Å². The summed E-state index contributed by atoms with van der Waals surface area (Å²) in [4.78, 5) is 31.6. The molecule has 0 saturated heterocycles. The van der Waals surface area contributed by atoms with Crippen LogP contribution in [0.5, 0.6) is 0 Å². The van der Waals surface area contributed by atoms with Crippen molar-refractivity contribution in [2.45, 2.75) is 13.8 Å². The van der Waals surface area contributed by atoms with Crippen molar-refractivity contribution >= 4 is 28.9 Å². The molecule has 0 fully saturated rings. The average molecular weight is 255 g/mol. The number of benzene rings is 1. The first-order valence-electron chi connectivity index (χ1n) is 4.84. The summed E-state index contributed by atoms with van der Waals surface area (Å²) in [5, 5.41) is 15.0. The Morgan fingerprint density at radius 3 is 2.11 bits per heavy atom. The predicted molar refractivity (Wildman–Crippen MR) is 61.7 cm³/mol. The lowest BCUT2D eigenvalue weighted by Crippen LogP contribution is -2.11. The molecule has 0 unspecified atom stereocenters. The van der Waals surface area contributed by atoms with Gasteiger partial charge in [0.25, 0.3) is 5.69 Å². The first kappa shape index (κ1) is 13.6. The Kier molecular flexibility index (Phi) is 3.93. The van der Waals surface area contributed by atoms with Crippen molar-refractivity contribution in [3.05, 3.63) is 28.1 Å². The molecule has 0 aliphatic carbocycles. The second kappa shape index (κ2) is 5.21. The minimum atomic E-state index is -0.875. The van der Waals surface area contributed by atoms with E-state index in [0.29, 0.717) is 0 Å². The minimum absolute atomic E-state index is 0.265. The Labute approximate surface area is 101 Å². The van der Waals surface area contributed by atoms with Gasteiger partial charge in [0.1, 0.15) is 11.5 Å². The van der Waals surface area contributed by atoms with Gasteiger partial charge in [0.2, 0.25) is 11.8 Å². The highest BCUT2D eigenvalue weighted by Crippen LogP contribution is 2.30. The lowest BCUT2D eigenvalue weighted by molar-refractivity contribution is -0.383. The summed E-state index contributed by atoms with van der Waals surface area (Å²) in [6, 6.07) is 1.63. The summed E-state index contributed by atoms with van der Waals surface area (Å²) >= 11 is 0. The minimum Gasteiger partial charge on any atom is -0.324 e. The summed E-state index contributed by atoms with van der Waals surface area (Å²) < 4.78 is 13.5. The molecular weight excluding hydrogens is 245 g/mol. The van der Waals surface area contributed by atoms with Crippen LogP contribution in [-0.4, -0.2) is 16.7 Å². The summed E-state index contributed by atoms with van der Waals surface area (Å²) in [7, 11) is 0. The zero-order valence-electron chi connectivity index (χ0n) is 9.61. The maximum absolute atomic E-state index is 13.5. The van der Waals surface area contributed by atoms with E-state index < -0.39 is 28.2 Å². The number of nitrogens with one attached hydrogen (secondary N) is 2. The molecule has 96 valence electrons. The standard InChI is InChI=1S/C10H10FN3O4/c1-5(15)12-8-4-10(14(17)18)9(3-7(8)11)13-6(2)16/h3-4H,1-2H3,(H,12,15)(H,13,16). The molecule has 0 bridgehead atoms. The van der Waals surface area contributed by atoms with Crippen LogP contribution in [0.1, 0.15) is 13.8 Å². The number of carbonyl (C=O) groups is 2. The van der Waals surface area contributed by atoms with Crippen LogP contribution >= 0.6 is 0 Å². The molecule has 1 aromatic rings. The summed E-state index contributed by atoms with van der Waals surface area (Å²) in [5.41, 5.74) is -1.09. The molecule has 1 rings (SSSR count). The molecule has 0 aliphatic rings. The molecule has 0 aliphatic heterocycles. The fourth-order valence-corrected chi connectivity index (χ4v) is 1.29. The van der Waals surface area contributed by atoms with Gasteiger partial charge in [-0.3, -0.25) is 19.7 Å². The van der Waals surface area contributed by atoms with Crippen molar-refractivity contribution in [2.24, 2.45) is 0 Å². The fourth-order valence-electron chi connectivity index (χ4n) is 1.29. The number of halogens is 1. The quantitative estimate of drug-likeness (QED) is 0.633. The number of hydrogen-bond acceptors (Lipinski definition) is 4. The Morgan fingerprint density at radius 2 is 1.67 bits per heavy atom. The molecule has 0 saturated carbocycles. The number of nitrogens with zero attached hydrogens (tertiary/aromatic N) is 1. The number of hydrogen-bond donors (Lipinski definition) is 2. The molecule has 2 N–H and O–H groups in total. The van der Waals surface area contributed by atoms with Gasteiger partial charge in [0, 0.05) is 26.0 Å². The maximum atomic E-state index is 13.5. The lowest BCUT2D eigenvalue weighted by atomic mass is 10.2. The van der Waals surface area contributed by atoms with Gasteiger partial charge in [-0.1, -0.05) is 0 Å². The highest BCUT2D eigenvalue weighted by Gasteiger charge is 2.19. The number of nitro benzene ring substituents is 1. The van der Waals surface area contributed by atoms with Gasteiger partial charge >= 0.3 is 0 Å². The van der Waals surface area contributed by atoms with Crippen LogP contribution in [-0.2, 0) is 9.59 Å². The monoisotopic (exact) mass is 255 g/mol. The Balaban J connectivity index is 3.29.